The van der Waals surface area contributed by atoms with Crippen molar-refractivity contribution in [1.82, 2.24) is 0 Å². The number of phenolic OH excluding ortho intramolecular Hbond substituents is 2. The van der Waals surface area contributed by atoms with Crippen molar-refractivity contribution in [1.29, 1.82) is 0 Å². The maximum absolute atomic E-state index is 16.0. The molecule has 5 rings (SSSR count). The van der Waals surface area contributed by atoms with Gasteiger partial charge in [0, 0.05) is 10.6 Å². The number of nitrogens with one attached hydrogen (secondary N) is 1. The Bertz CT molecular complexity index is 1360. The molecular formula is C26H15F2NO4S. The summed E-state index contributed by atoms with van der Waals surface area (Å²) in [6, 6.07) is 19.1. The van der Waals surface area contributed by atoms with Crippen molar-refractivity contribution in [3.63, 3.8) is 0 Å². The van der Waals surface area contributed by atoms with Gasteiger partial charge < -0.3 is 15.5 Å². The summed E-state index contributed by atoms with van der Waals surface area (Å²) in [5.74, 6) is -5.64. The van der Waals surface area contributed by atoms with Crippen LogP contribution >= 0.6 is 11.8 Å². The highest BCUT2D eigenvalue weighted by Gasteiger charge is 2.41. The van der Waals surface area contributed by atoms with Gasteiger partial charge in [-0.15, -0.1) is 0 Å². The maximum Gasteiger partial charge on any atom is 0.201 e. The van der Waals surface area contributed by atoms with Crippen molar-refractivity contribution < 1.29 is 28.6 Å². The van der Waals surface area contributed by atoms with Gasteiger partial charge in [-0.05, 0) is 36.4 Å². The smallest absolute Gasteiger partial charge is 0.201 e. The summed E-state index contributed by atoms with van der Waals surface area (Å²) in [6.07, 6.45) is 0. The fourth-order valence-electron chi connectivity index (χ4n) is 3.86. The topological polar surface area (TPSA) is 86.6 Å². The Morgan fingerprint density at radius 3 is 1.71 bits per heavy atom. The normalized spacial score (nSPS) is 12.3. The van der Waals surface area contributed by atoms with Gasteiger partial charge in [-0.1, -0.05) is 48.2 Å². The molecule has 0 bridgehead atoms. The molecule has 0 atom stereocenters. The quantitative estimate of drug-likeness (QED) is 0.275. The molecule has 4 aromatic rings. The SMILES string of the molecule is O=C1c2c(O)ccc(O)c2C(=O)c2c(F)c(Sc3ccccc3)c(Nc3ccccc3)c(F)c21. The molecule has 5 nitrogen and oxygen atoms in total. The first-order chi connectivity index (χ1) is 16.4. The van der Waals surface area contributed by atoms with E-state index in [2.05, 4.69) is 5.32 Å². The molecule has 0 fully saturated rings. The van der Waals surface area contributed by atoms with Crippen molar-refractivity contribution in [3.8, 4) is 11.5 Å². The van der Waals surface area contributed by atoms with E-state index < -0.39 is 57.0 Å². The van der Waals surface area contributed by atoms with E-state index in [0.29, 0.717) is 10.6 Å². The number of benzene rings is 4. The highest BCUT2D eigenvalue weighted by Crippen LogP contribution is 2.46. The molecule has 8 heteroatoms. The Labute approximate surface area is 196 Å². The predicted octanol–water partition coefficient (Wildman–Crippen LogP) is 6.05. The van der Waals surface area contributed by atoms with Crippen LogP contribution < -0.4 is 5.32 Å². The second kappa shape index (κ2) is 8.31. The molecule has 3 N–H and O–H groups in total. The predicted molar refractivity (Wildman–Crippen MR) is 123 cm³/mol. The van der Waals surface area contributed by atoms with Gasteiger partial charge in [0.25, 0.3) is 0 Å². The van der Waals surface area contributed by atoms with Crippen LogP contribution in [0.1, 0.15) is 31.8 Å². The van der Waals surface area contributed by atoms with Gasteiger partial charge in [-0.3, -0.25) is 9.59 Å². The zero-order valence-corrected chi connectivity index (χ0v) is 18.1. The lowest BCUT2D eigenvalue weighted by Gasteiger charge is -2.24. The van der Waals surface area contributed by atoms with Crippen LogP contribution in [0.15, 0.2) is 82.6 Å². The molecule has 34 heavy (non-hydrogen) atoms. The number of rotatable bonds is 4. The highest BCUT2D eigenvalue weighted by molar-refractivity contribution is 7.99. The lowest BCUT2D eigenvalue weighted by atomic mass is 9.82. The van der Waals surface area contributed by atoms with Gasteiger partial charge in [0.05, 0.1) is 32.8 Å². The van der Waals surface area contributed by atoms with E-state index in [9.17, 15) is 19.8 Å². The van der Waals surface area contributed by atoms with Crippen molar-refractivity contribution >= 4 is 34.7 Å². The van der Waals surface area contributed by atoms with E-state index >= 15 is 8.78 Å². The lowest BCUT2D eigenvalue weighted by molar-refractivity contribution is 0.0966. The van der Waals surface area contributed by atoms with Crippen molar-refractivity contribution in [2.24, 2.45) is 0 Å². The number of carbonyl (C=O) groups excluding carboxylic acids is 2. The van der Waals surface area contributed by atoms with Crippen LogP contribution in [-0.4, -0.2) is 21.8 Å². The van der Waals surface area contributed by atoms with Gasteiger partial charge >= 0.3 is 0 Å². The molecule has 0 spiro atoms. The highest BCUT2D eigenvalue weighted by atomic mass is 32.2. The Hall–Kier alpha value is -4.17. The summed E-state index contributed by atoms with van der Waals surface area (Å²) < 4.78 is 32.0. The van der Waals surface area contributed by atoms with E-state index in [4.69, 9.17) is 0 Å². The molecule has 4 aromatic carbocycles. The van der Waals surface area contributed by atoms with Crippen molar-refractivity contribution in [2.75, 3.05) is 5.32 Å². The van der Waals surface area contributed by atoms with Crippen LogP contribution in [0.2, 0.25) is 0 Å². The molecule has 0 saturated carbocycles. The number of fused-ring (bicyclic) bond motifs is 2. The number of halogens is 2. The zero-order chi connectivity index (χ0) is 24.0. The molecule has 1 aliphatic carbocycles. The lowest BCUT2D eigenvalue weighted by Crippen LogP contribution is -2.25. The minimum Gasteiger partial charge on any atom is -0.507 e. The van der Waals surface area contributed by atoms with E-state index in [1.807, 2.05) is 0 Å². The molecule has 0 saturated heterocycles. The largest absolute Gasteiger partial charge is 0.507 e. The number of hydrogen-bond donors (Lipinski definition) is 3. The fourth-order valence-corrected chi connectivity index (χ4v) is 4.83. The third-order valence-corrected chi connectivity index (χ3v) is 6.51. The standard InChI is InChI=1S/C26H15F2NO4S/c27-21-19-20(25(33)18-16(31)12-11-15(30)17(18)24(19)32)22(28)26(34-14-9-5-2-6-10-14)23(21)29-13-7-3-1-4-8-13/h1-12,29-31H. The molecule has 0 radical (unpaired) electrons. The summed E-state index contributed by atoms with van der Waals surface area (Å²) in [5, 5.41) is 23.2. The van der Waals surface area contributed by atoms with Crippen LogP contribution in [0.4, 0.5) is 20.2 Å². The van der Waals surface area contributed by atoms with Gasteiger partial charge in [0.1, 0.15) is 11.5 Å². The van der Waals surface area contributed by atoms with Crippen molar-refractivity contribution in [3.05, 3.63) is 107 Å². The number of phenols is 2. The summed E-state index contributed by atoms with van der Waals surface area (Å²) in [6.45, 7) is 0. The molecule has 0 amide bonds. The summed E-state index contributed by atoms with van der Waals surface area (Å²) >= 11 is 0.886. The summed E-state index contributed by atoms with van der Waals surface area (Å²) in [7, 11) is 0. The third kappa shape index (κ3) is 3.39. The van der Waals surface area contributed by atoms with E-state index in [0.717, 1.165) is 23.9 Å². The van der Waals surface area contributed by atoms with Gasteiger partial charge in [0.15, 0.2) is 11.6 Å². The van der Waals surface area contributed by atoms with Crippen molar-refractivity contribution in [2.45, 2.75) is 9.79 Å². The minimum atomic E-state index is -1.13. The number of para-hydroxylation sites is 1. The monoisotopic (exact) mass is 475 g/mol. The van der Waals surface area contributed by atoms with Gasteiger partial charge in [0.2, 0.25) is 11.6 Å². The molecule has 0 aromatic heterocycles. The average Bonchev–Trinajstić information content (AvgIpc) is 2.84. The number of aromatic hydroxyl groups is 2. The second-order valence-corrected chi connectivity index (χ2v) is 8.58. The van der Waals surface area contributed by atoms with Crippen LogP contribution in [-0.2, 0) is 0 Å². The molecule has 1 aliphatic rings. The van der Waals surface area contributed by atoms with Crippen LogP contribution in [0.5, 0.6) is 11.5 Å². The summed E-state index contributed by atoms with van der Waals surface area (Å²) in [5.41, 5.74) is -2.59. The number of ketones is 2. The first-order valence-electron chi connectivity index (χ1n) is 10.1. The molecular weight excluding hydrogens is 460 g/mol. The zero-order valence-electron chi connectivity index (χ0n) is 17.3. The summed E-state index contributed by atoms with van der Waals surface area (Å²) in [4.78, 5) is 26.8. The van der Waals surface area contributed by atoms with Crippen LogP contribution in [0.3, 0.4) is 0 Å². The molecule has 0 aliphatic heterocycles. The number of anilines is 2. The van der Waals surface area contributed by atoms with Crippen LogP contribution in [0.25, 0.3) is 0 Å². The average molecular weight is 475 g/mol. The van der Waals surface area contributed by atoms with E-state index in [1.54, 1.807) is 60.7 Å². The van der Waals surface area contributed by atoms with E-state index in [1.165, 1.54) is 0 Å². The third-order valence-electron chi connectivity index (χ3n) is 5.41. The minimum absolute atomic E-state index is 0.226. The Kier molecular flexibility index (Phi) is 5.30. The Balaban J connectivity index is 1.79. The molecule has 0 unspecified atom stereocenters. The maximum atomic E-state index is 16.0. The van der Waals surface area contributed by atoms with Gasteiger partial charge in [-0.25, -0.2) is 8.78 Å². The first kappa shape index (κ1) is 21.7. The molecule has 0 heterocycles. The van der Waals surface area contributed by atoms with E-state index in [-0.39, 0.29) is 10.6 Å². The number of carbonyl (C=O) groups is 2. The number of hydrogen-bond acceptors (Lipinski definition) is 6. The van der Waals surface area contributed by atoms with Gasteiger partial charge in [-0.2, -0.15) is 0 Å². The fraction of sp³-hybridized carbons (Fsp3) is 0. The molecule has 168 valence electrons. The van der Waals surface area contributed by atoms with Crippen LogP contribution in [0, 0.1) is 11.6 Å². The Morgan fingerprint density at radius 1 is 0.647 bits per heavy atom. The second-order valence-electron chi connectivity index (χ2n) is 7.50. The first-order valence-corrected chi connectivity index (χ1v) is 10.9. The Morgan fingerprint density at radius 2 is 1.15 bits per heavy atom.